The maximum atomic E-state index is 11.7. The molecular weight excluding hydrogens is 164 g/mol. The molecule has 1 saturated carbocycles. The first-order valence-corrected chi connectivity index (χ1v) is 5.19. The Kier molecular flexibility index (Phi) is 2.06. The first-order chi connectivity index (χ1) is 6.15. The number of nitrogens with two attached hydrogens (primary N) is 1. The molecule has 1 aliphatic carbocycles. The lowest BCUT2D eigenvalue weighted by Crippen LogP contribution is -2.45. The van der Waals surface area contributed by atoms with Gasteiger partial charge in [-0.3, -0.25) is 4.79 Å². The zero-order valence-corrected chi connectivity index (χ0v) is 8.18. The molecule has 0 aromatic carbocycles. The topological polar surface area (TPSA) is 55.1 Å². The first kappa shape index (κ1) is 9.00. The minimum absolute atomic E-state index is 0.113. The summed E-state index contributed by atoms with van der Waals surface area (Å²) < 4.78 is 0. The molecule has 3 nitrogen and oxygen atoms in total. The van der Waals surface area contributed by atoms with Gasteiger partial charge in [0.05, 0.1) is 5.41 Å². The van der Waals surface area contributed by atoms with E-state index in [1.807, 2.05) is 0 Å². The number of hydrogen-bond acceptors (Lipinski definition) is 2. The molecule has 0 aromatic heterocycles. The van der Waals surface area contributed by atoms with Crippen LogP contribution in [0.1, 0.15) is 32.6 Å². The van der Waals surface area contributed by atoms with Gasteiger partial charge in [-0.1, -0.05) is 6.92 Å². The van der Waals surface area contributed by atoms with Crippen molar-refractivity contribution in [2.75, 3.05) is 6.54 Å². The number of amides is 1. The molecule has 2 fully saturated rings. The summed E-state index contributed by atoms with van der Waals surface area (Å²) >= 11 is 0. The van der Waals surface area contributed by atoms with Crippen LogP contribution in [0.3, 0.4) is 0 Å². The molecule has 3 unspecified atom stereocenters. The summed E-state index contributed by atoms with van der Waals surface area (Å²) in [5.74, 6) is 0.755. The molecule has 2 rings (SSSR count). The fourth-order valence-corrected chi connectivity index (χ4v) is 2.87. The highest BCUT2D eigenvalue weighted by molar-refractivity contribution is 5.85. The molecule has 74 valence electrons. The Balaban J connectivity index is 2.22. The second-order valence-electron chi connectivity index (χ2n) is 4.60. The molecule has 2 aliphatic rings. The third-order valence-corrected chi connectivity index (χ3v) is 3.85. The minimum Gasteiger partial charge on any atom is -0.356 e. The lowest BCUT2D eigenvalue weighted by Gasteiger charge is -2.39. The van der Waals surface area contributed by atoms with E-state index in [-0.39, 0.29) is 17.4 Å². The van der Waals surface area contributed by atoms with Crippen LogP contribution < -0.4 is 11.1 Å². The number of carbonyl (C=O) groups excluding carboxylic acids is 1. The van der Waals surface area contributed by atoms with E-state index >= 15 is 0 Å². The van der Waals surface area contributed by atoms with E-state index in [4.69, 9.17) is 5.73 Å². The molecule has 3 heteroatoms. The molecule has 1 amide bonds. The van der Waals surface area contributed by atoms with E-state index in [0.29, 0.717) is 5.92 Å². The maximum absolute atomic E-state index is 11.7. The number of carbonyl (C=O) groups is 1. The van der Waals surface area contributed by atoms with E-state index < -0.39 is 0 Å². The van der Waals surface area contributed by atoms with E-state index in [2.05, 4.69) is 12.2 Å². The Labute approximate surface area is 79.1 Å². The average Bonchev–Trinajstić information content (AvgIpc) is 2.43. The maximum Gasteiger partial charge on any atom is 0.226 e. The van der Waals surface area contributed by atoms with E-state index in [1.54, 1.807) is 0 Å². The van der Waals surface area contributed by atoms with Gasteiger partial charge >= 0.3 is 0 Å². The van der Waals surface area contributed by atoms with Crippen LogP contribution in [0.25, 0.3) is 0 Å². The smallest absolute Gasteiger partial charge is 0.226 e. The molecule has 1 spiro atoms. The Morgan fingerprint density at radius 1 is 1.54 bits per heavy atom. The minimum atomic E-state index is -0.113. The number of rotatable bonds is 0. The number of nitrogens with one attached hydrogen (secondary N) is 1. The van der Waals surface area contributed by atoms with Crippen molar-refractivity contribution < 1.29 is 4.79 Å². The Morgan fingerprint density at radius 3 is 2.92 bits per heavy atom. The van der Waals surface area contributed by atoms with Crippen LogP contribution >= 0.6 is 0 Å². The monoisotopic (exact) mass is 182 g/mol. The molecule has 1 heterocycles. The van der Waals surface area contributed by atoms with Crippen molar-refractivity contribution in [3.63, 3.8) is 0 Å². The molecule has 0 aromatic rings. The van der Waals surface area contributed by atoms with Crippen LogP contribution in [0, 0.1) is 11.3 Å². The van der Waals surface area contributed by atoms with Gasteiger partial charge in [-0.2, -0.15) is 0 Å². The summed E-state index contributed by atoms with van der Waals surface area (Å²) in [6.45, 7) is 3.03. The molecule has 3 N–H and O–H groups in total. The summed E-state index contributed by atoms with van der Waals surface area (Å²) in [4.78, 5) is 11.7. The van der Waals surface area contributed by atoms with Gasteiger partial charge < -0.3 is 11.1 Å². The summed E-state index contributed by atoms with van der Waals surface area (Å²) in [5.41, 5.74) is 5.82. The normalized spacial score (nSPS) is 45.2. The molecule has 0 bridgehead atoms. The zero-order chi connectivity index (χ0) is 9.47. The van der Waals surface area contributed by atoms with Gasteiger partial charge in [0.2, 0.25) is 5.91 Å². The van der Waals surface area contributed by atoms with Crippen molar-refractivity contribution >= 4 is 5.91 Å². The van der Waals surface area contributed by atoms with Gasteiger partial charge in [0.1, 0.15) is 0 Å². The Bertz CT molecular complexity index is 229. The van der Waals surface area contributed by atoms with Crippen LogP contribution in [0.2, 0.25) is 0 Å². The molecule has 1 saturated heterocycles. The van der Waals surface area contributed by atoms with Gasteiger partial charge in [-0.25, -0.2) is 0 Å². The van der Waals surface area contributed by atoms with Crippen LogP contribution in [0.4, 0.5) is 0 Å². The molecular formula is C10H18N2O. The van der Waals surface area contributed by atoms with Crippen molar-refractivity contribution in [1.29, 1.82) is 0 Å². The van der Waals surface area contributed by atoms with Crippen LogP contribution in [0.15, 0.2) is 0 Å². The van der Waals surface area contributed by atoms with Crippen LogP contribution in [-0.2, 0) is 4.79 Å². The molecule has 0 radical (unpaired) electrons. The Hall–Kier alpha value is -0.570. The van der Waals surface area contributed by atoms with Crippen LogP contribution in [0.5, 0.6) is 0 Å². The summed E-state index contributed by atoms with van der Waals surface area (Å²) in [6.07, 6.45) is 4.06. The van der Waals surface area contributed by atoms with Crippen molar-refractivity contribution in [2.45, 2.75) is 38.6 Å². The number of hydrogen-bond donors (Lipinski definition) is 2. The average molecular weight is 182 g/mol. The molecule has 1 aliphatic heterocycles. The lowest BCUT2D eigenvalue weighted by atomic mass is 9.64. The van der Waals surface area contributed by atoms with E-state index in [9.17, 15) is 4.79 Å². The molecule has 3 atom stereocenters. The van der Waals surface area contributed by atoms with Gasteiger partial charge in [0.15, 0.2) is 0 Å². The third kappa shape index (κ3) is 1.26. The fraction of sp³-hybridized carbons (Fsp3) is 0.900. The summed E-state index contributed by atoms with van der Waals surface area (Å²) in [5, 5.41) is 2.94. The highest BCUT2D eigenvalue weighted by atomic mass is 16.2. The van der Waals surface area contributed by atoms with Gasteiger partial charge in [-0.05, 0) is 31.6 Å². The second kappa shape index (κ2) is 2.98. The van der Waals surface area contributed by atoms with Crippen molar-refractivity contribution in [1.82, 2.24) is 5.32 Å². The largest absolute Gasteiger partial charge is 0.356 e. The summed E-state index contributed by atoms with van der Waals surface area (Å²) in [7, 11) is 0. The lowest BCUT2D eigenvalue weighted by molar-refractivity contribution is -0.132. The van der Waals surface area contributed by atoms with Crippen molar-refractivity contribution in [2.24, 2.45) is 17.1 Å². The quantitative estimate of drug-likeness (QED) is 0.577. The van der Waals surface area contributed by atoms with Gasteiger partial charge in [-0.15, -0.1) is 0 Å². The Morgan fingerprint density at radius 2 is 2.31 bits per heavy atom. The predicted molar refractivity (Wildman–Crippen MR) is 51.1 cm³/mol. The second-order valence-corrected chi connectivity index (χ2v) is 4.60. The highest BCUT2D eigenvalue weighted by Gasteiger charge is 2.49. The van der Waals surface area contributed by atoms with Gasteiger partial charge in [0, 0.05) is 12.6 Å². The fourth-order valence-electron chi connectivity index (χ4n) is 2.87. The zero-order valence-electron chi connectivity index (χ0n) is 8.18. The van der Waals surface area contributed by atoms with E-state index in [1.165, 1.54) is 0 Å². The van der Waals surface area contributed by atoms with Crippen molar-refractivity contribution in [3.8, 4) is 0 Å². The SMILES string of the molecule is CC1CCC(N)CC12CCNC2=O. The first-order valence-electron chi connectivity index (χ1n) is 5.19. The standard InChI is InChI=1S/C10H18N2O/c1-7-2-3-8(11)6-10(7)4-5-12-9(10)13/h7-8H,2-6,11H2,1H3,(H,12,13). The van der Waals surface area contributed by atoms with E-state index in [0.717, 1.165) is 32.2 Å². The summed E-state index contributed by atoms with van der Waals surface area (Å²) in [6, 6.07) is 0.236. The van der Waals surface area contributed by atoms with Crippen LogP contribution in [-0.4, -0.2) is 18.5 Å². The third-order valence-electron chi connectivity index (χ3n) is 3.85. The van der Waals surface area contributed by atoms with Crippen molar-refractivity contribution in [3.05, 3.63) is 0 Å². The predicted octanol–water partition coefficient (Wildman–Crippen LogP) is 0.640. The van der Waals surface area contributed by atoms with Gasteiger partial charge in [0.25, 0.3) is 0 Å². The molecule has 13 heavy (non-hydrogen) atoms. The highest BCUT2D eigenvalue weighted by Crippen LogP contribution is 2.45.